The van der Waals surface area contributed by atoms with Gasteiger partial charge in [-0.15, -0.1) is 0 Å². The molecule has 0 aromatic rings. The van der Waals surface area contributed by atoms with Crippen LogP contribution >= 0.6 is 0 Å². The lowest BCUT2D eigenvalue weighted by atomic mass is 10.4. The van der Waals surface area contributed by atoms with Gasteiger partial charge in [-0.25, -0.2) is 0 Å². The Bertz CT molecular complexity index is 164. The predicted octanol–water partition coefficient (Wildman–Crippen LogP) is 1.14. The van der Waals surface area contributed by atoms with Gasteiger partial charge in [0.15, 0.2) is 18.6 Å². The summed E-state index contributed by atoms with van der Waals surface area (Å²) in [6.07, 6.45) is -4.17. The highest BCUT2D eigenvalue weighted by Crippen LogP contribution is 2.16. The number of alkyl halides is 3. The van der Waals surface area contributed by atoms with Gasteiger partial charge in [0.1, 0.15) is 0 Å². The van der Waals surface area contributed by atoms with E-state index in [1.54, 1.807) is 0 Å². The molecule has 0 spiro atoms. The SMILES string of the molecule is C/C(=N\OCC=O)C(F)(F)F. The van der Waals surface area contributed by atoms with E-state index in [9.17, 15) is 18.0 Å². The summed E-state index contributed by atoms with van der Waals surface area (Å²) in [7, 11) is 0. The number of nitrogens with zero attached hydrogens (tertiary/aromatic N) is 1. The van der Waals surface area contributed by atoms with E-state index in [1.807, 2.05) is 0 Å². The molecule has 3 nitrogen and oxygen atoms in total. The molecule has 0 fully saturated rings. The number of halogens is 3. The summed E-state index contributed by atoms with van der Waals surface area (Å²) >= 11 is 0. The molecule has 0 bridgehead atoms. The first kappa shape index (κ1) is 9.93. The highest BCUT2D eigenvalue weighted by Gasteiger charge is 2.32. The minimum atomic E-state index is -4.48. The second kappa shape index (κ2) is 3.95. The molecular weight excluding hydrogens is 163 g/mol. The third-order valence-electron chi connectivity index (χ3n) is 0.754. The first-order valence-corrected chi connectivity index (χ1v) is 2.66. The molecule has 0 N–H and O–H groups in total. The maximum absolute atomic E-state index is 11.6. The van der Waals surface area contributed by atoms with Crippen LogP contribution in [0.1, 0.15) is 6.92 Å². The third kappa shape index (κ3) is 4.35. The number of rotatable bonds is 3. The highest BCUT2D eigenvalue weighted by atomic mass is 19.4. The molecule has 0 aliphatic rings. The molecule has 0 aliphatic carbocycles. The van der Waals surface area contributed by atoms with Gasteiger partial charge in [-0.2, -0.15) is 13.2 Å². The molecule has 0 radical (unpaired) electrons. The van der Waals surface area contributed by atoms with Gasteiger partial charge in [-0.3, -0.25) is 4.79 Å². The number of hydrogen-bond acceptors (Lipinski definition) is 3. The number of carbonyl (C=O) groups is 1. The Kier molecular flexibility index (Phi) is 3.56. The molecule has 0 saturated heterocycles. The minimum Gasteiger partial charge on any atom is -0.388 e. The molecule has 0 amide bonds. The molecule has 64 valence electrons. The Morgan fingerprint density at radius 2 is 2.18 bits per heavy atom. The van der Waals surface area contributed by atoms with E-state index in [4.69, 9.17) is 0 Å². The average Bonchev–Trinajstić information content (AvgIpc) is 1.86. The van der Waals surface area contributed by atoms with Crippen LogP contribution in [0.15, 0.2) is 5.16 Å². The summed E-state index contributed by atoms with van der Waals surface area (Å²) in [5.41, 5.74) is -1.11. The summed E-state index contributed by atoms with van der Waals surface area (Å²) in [6.45, 7) is 0.290. The van der Waals surface area contributed by atoms with E-state index < -0.39 is 18.5 Å². The minimum absolute atomic E-state index is 0.313. The van der Waals surface area contributed by atoms with Crippen molar-refractivity contribution in [2.75, 3.05) is 6.61 Å². The van der Waals surface area contributed by atoms with E-state index in [-0.39, 0.29) is 0 Å². The largest absolute Gasteiger partial charge is 0.432 e. The van der Waals surface area contributed by atoms with Crippen molar-refractivity contribution in [2.45, 2.75) is 13.1 Å². The molecule has 0 unspecified atom stereocenters. The lowest BCUT2D eigenvalue weighted by molar-refractivity contribution is -0.112. The molecule has 0 aliphatic heterocycles. The Labute approximate surface area is 60.8 Å². The second-order valence-corrected chi connectivity index (χ2v) is 1.64. The van der Waals surface area contributed by atoms with E-state index in [1.165, 1.54) is 0 Å². The first-order valence-electron chi connectivity index (χ1n) is 2.66. The Morgan fingerprint density at radius 3 is 2.55 bits per heavy atom. The summed E-state index contributed by atoms with van der Waals surface area (Å²) in [6, 6.07) is 0. The van der Waals surface area contributed by atoms with Crippen LogP contribution in [0.5, 0.6) is 0 Å². The fourth-order valence-electron chi connectivity index (χ4n) is 0.216. The van der Waals surface area contributed by atoms with Crippen molar-refractivity contribution in [1.82, 2.24) is 0 Å². The van der Waals surface area contributed by atoms with E-state index in [2.05, 4.69) is 9.99 Å². The predicted molar refractivity (Wildman–Crippen MR) is 31.2 cm³/mol. The van der Waals surface area contributed by atoms with Crippen molar-refractivity contribution in [1.29, 1.82) is 0 Å². The van der Waals surface area contributed by atoms with Crippen molar-refractivity contribution in [2.24, 2.45) is 5.16 Å². The van der Waals surface area contributed by atoms with Gasteiger partial charge in [-0.05, 0) is 6.92 Å². The molecule has 11 heavy (non-hydrogen) atoms. The smallest absolute Gasteiger partial charge is 0.388 e. The van der Waals surface area contributed by atoms with E-state index >= 15 is 0 Å². The van der Waals surface area contributed by atoms with E-state index in [0.717, 1.165) is 6.92 Å². The van der Waals surface area contributed by atoms with Crippen LogP contribution in [-0.2, 0) is 9.63 Å². The molecule has 0 heterocycles. The average molecular weight is 169 g/mol. The van der Waals surface area contributed by atoms with Crippen molar-refractivity contribution in [3.8, 4) is 0 Å². The highest BCUT2D eigenvalue weighted by molar-refractivity contribution is 5.86. The maximum atomic E-state index is 11.6. The van der Waals surface area contributed by atoms with Crippen molar-refractivity contribution >= 4 is 12.0 Å². The summed E-state index contributed by atoms with van der Waals surface area (Å²) < 4.78 is 34.7. The maximum Gasteiger partial charge on any atom is 0.432 e. The van der Waals surface area contributed by atoms with Crippen LogP contribution in [0.25, 0.3) is 0 Å². The van der Waals surface area contributed by atoms with Crippen LogP contribution in [-0.4, -0.2) is 24.8 Å². The molecule has 0 rings (SSSR count). The van der Waals surface area contributed by atoms with Crippen LogP contribution in [0, 0.1) is 0 Å². The number of oxime groups is 1. The molecule has 0 saturated carbocycles. The summed E-state index contributed by atoms with van der Waals surface area (Å²) in [5, 5.41) is 2.65. The zero-order valence-electron chi connectivity index (χ0n) is 5.68. The van der Waals surface area contributed by atoms with Gasteiger partial charge in [-0.1, -0.05) is 5.16 Å². The van der Waals surface area contributed by atoms with E-state index in [0.29, 0.717) is 6.29 Å². The summed E-state index contributed by atoms with van der Waals surface area (Å²) in [4.78, 5) is 13.5. The fourth-order valence-corrected chi connectivity index (χ4v) is 0.216. The first-order chi connectivity index (χ1) is 4.98. The number of aldehydes is 1. The van der Waals surface area contributed by atoms with Crippen LogP contribution in [0.3, 0.4) is 0 Å². The van der Waals surface area contributed by atoms with Crippen LogP contribution in [0.2, 0.25) is 0 Å². The zero-order valence-corrected chi connectivity index (χ0v) is 5.68. The normalized spacial score (nSPS) is 12.9. The van der Waals surface area contributed by atoms with Gasteiger partial charge < -0.3 is 4.84 Å². The van der Waals surface area contributed by atoms with Crippen molar-refractivity contribution in [3.63, 3.8) is 0 Å². The van der Waals surface area contributed by atoms with Gasteiger partial charge in [0, 0.05) is 0 Å². The van der Waals surface area contributed by atoms with Gasteiger partial charge in [0.2, 0.25) is 0 Å². The second-order valence-electron chi connectivity index (χ2n) is 1.64. The van der Waals surface area contributed by atoms with Crippen molar-refractivity contribution < 1.29 is 22.8 Å². The lowest BCUT2D eigenvalue weighted by Crippen LogP contribution is -2.19. The van der Waals surface area contributed by atoms with Gasteiger partial charge in [0.25, 0.3) is 0 Å². The zero-order chi connectivity index (χ0) is 8.91. The van der Waals surface area contributed by atoms with Gasteiger partial charge >= 0.3 is 6.18 Å². The molecule has 0 atom stereocenters. The lowest BCUT2D eigenvalue weighted by Gasteiger charge is -2.03. The van der Waals surface area contributed by atoms with Crippen LogP contribution < -0.4 is 0 Å². The molecular formula is C5H6F3NO2. The Hall–Kier alpha value is -1.07. The quantitative estimate of drug-likeness (QED) is 0.275. The monoisotopic (exact) mass is 169 g/mol. The van der Waals surface area contributed by atoms with Gasteiger partial charge in [0.05, 0.1) is 0 Å². The molecule has 6 heteroatoms. The molecule has 0 aromatic carbocycles. The summed E-state index contributed by atoms with van der Waals surface area (Å²) in [5.74, 6) is 0. The Morgan fingerprint density at radius 1 is 1.64 bits per heavy atom. The third-order valence-corrected chi connectivity index (χ3v) is 0.754. The van der Waals surface area contributed by atoms with Crippen LogP contribution in [0.4, 0.5) is 13.2 Å². The Balaban J connectivity index is 3.90. The number of carbonyl (C=O) groups excluding carboxylic acids is 1. The molecule has 0 aromatic heterocycles. The van der Waals surface area contributed by atoms with Crippen molar-refractivity contribution in [3.05, 3.63) is 0 Å². The fraction of sp³-hybridized carbons (Fsp3) is 0.600. The topological polar surface area (TPSA) is 38.7 Å². The standard InChI is InChI=1S/C5H6F3NO2/c1-4(5(6,7)8)9-11-3-2-10/h2H,3H2,1H3/b9-4+. The number of hydrogen-bond donors (Lipinski definition) is 0.